The van der Waals surface area contributed by atoms with Crippen LogP contribution in [0.1, 0.15) is 46.0 Å². The van der Waals surface area contributed by atoms with Crippen LogP contribution in [0.2, 0.25) is 0 Å². The highest BCUT2D eigenvalue weighted by Crippen LogP contribution is 2.29. The molecular weight excluding hydrogens is 216 g/mol. The Labute approximate surface area is 103 Å². The van der Waals surface area contributed by atoms with Crippen molar-refractivity contribution in [2.45, 2.75) is 58.0 Å². The zero-order valence-corrected chi connectivity index (χ0v) is 10.7. The molecule has 1 aliphatic heterocycles. The fourth-order valence-corrected chi connectivity index (χ4v) is 2.88. The molecule has 2 rings (SSSR count). The van der Waals surface area contributed by atoms with Gasteiger partial charge in [0, 0.05) is 25.0 Å². The van der Waals surface area contributed by atoms with Crippen LogP contribution in [0.5, 0.6) is 0 Å². The highest BCUT2D eigenvalue weighted by molar-refractivity contribution is 5.89. The molecule has 2 aliphatic rings. The first-order chi connectivity index (χ1) is 8.08. The van der Waals surface area contributed by atoms with Crippen molar-refractivity contribution in [2.75, 3.05) is 6.54 Å². The number of nitrogens with zero attached hydrogens (tertiary/aromatic N) is 1. The summed E-state index contributed by atoms with van der Waals surface area (Å²) in [5, 5.41) is 2.90. The van der Waals surface area contributed by atoms with Crippen molar-refractivity contribution < 1.29 is 9.59 Å². The predicted molar refractivity (Wildman–Crippen MR) is 65.4 cm³/mol. The van der Waals surface area contributed by atoms with Gasteiger partial charge in [-0.15, -0.1) is 0 Å². The smallest absolute Gasteiger partial charge is 0.225 e. The Morgan fingerprint density at radius 2 is 2.00 bits per heavy atom. The van der Waals surface area contributed by atoms with Crippen LogP contribution in [0.3, 0.4) is 0 Å². The van der Waals surface area contributed by atoms with E-state index in [1.807, 2.05) is 18.7 Å². The minimum atomic E-state index is -0.134. The Morgan fingerprint density at radius 1 is 1.35 bits per heavy atom. The van der Waals surface area contributed by atoms with Crippen LogP contribution >= 0.6 is 0 Å². The van der Waals surface area contributed by atoms with E-state index >= 15 is 0 Å². The van der Waals surface area contributed by atoms with Gasteiger partial charge >= 0.3 is 0 Å². The van der Waals surface area contributed by atoms with Gasteiger partial charge in [-0.2, -0.15) is 0 Å². The van der Waals surface area contributed by atoms with E-state index in [9.17, 15) is 9.59 Å². The average Bonchev–Trinajstić information content (AvgIpc) is 2.84. The summed E-state index contributed by atoms with van der Waals surface area (Å²) in [5.41, 5.74) is 0. The first kappa shape index (κ1) is 12.4. The molecule has 4 nitrogen and oxygen atoms in total. The van der Waals surface area contributed by atoms with Crippen molar-refractivity contribution in [1.82, 2.24) is 10.2 Å². The third-order valence-corrected chi connectivity index (χ3v) is 3.73. The number of hydrogen-bond acceptors (Lipinski definition) is 2. The SMILES string of the molecule is CC(C)NC(=O)[C@H]1CC(=O)N(C2CCCC2)C1. The maximum Gasteiger partial charge on any atom is 0.225 e. The topological polar surface area (TPSA) is 49.4 Å². The van der Waals surface area contributed by atoms with Crippen LogP contribution in [0.4, 0.5) is 0 Å². The molecule has 2 amide bonds. The minimum absolute atomic E-state index is 0.0360. The summed E-state index contributed by atoms with van der Waals surface area (Å²) in [5.74, 6) is 0.0696. The molecular formula is C13H22N2O2. The van der Waals surface area contributed by atoms with E-state index in [4.69, 9.17) is 0 Å². The minimum Gasteiger partial charge on any atom is -0.354 e. The van der Waals surface area contributed by atoms with E-state index in [0.29, 0.717) is 19.0 Å². The molecule has 96 valence electrons. The Morgan fingerprint density at radius 3 is 2.59 bits per heavy atom. The van der Waals surface area contributed by atoms with Gasteiger partial charge < -0.3 is 10.2 Å². The molecule has 0 unspecified atom stereocenters. The van der Waals surface area contributed by atoms with Gasteiger partial charge in [-0.3, -0.25) is 9.59 Å². The number of carbonyl (C=O) groups excluding carboxylic acids is 2. The largest absolute Gasteiger partial charge is 0.354 e. The first-order valence-corrected chi connectivity index (χ1v) is 6.67. The van der Waals surface area contributed by atoms with Crippen LogP contribution in [-0.2, 0) is 9.59 Å². The van der Waals surface area contributed by atoms with Crippen molar-refractivity contribution in [3.8, 4) is 0 Å². The van der Waals surface area contributed by atoms with Crippen molar-refractivity contribution in [3.05, 3.63) is 0 Å². The van der Waals surface area contributed by atoms with E-state index in [0.717, 1.165) is 12.8 Å². The van der Waals surface area contributed by atoms with Crippen LogP contribution in [0.15, 0.2) is 0 Å². The van der Waals surface area contributed by atoms with Gasteiger partial charge in [0.2, 0.25) is 11.8 Å². The number of hydrogen-bond donors (Lipinski definition) is 1. The zero-order valence-electron chi connectivity index (χ0n) is 10.7. The monoisotopic (exact) mass is 238 g/mol. The second kappa shape index (κ2) is 5.07. The lowest BCUT2D eigenvalue weighted by atomic mass is 10.1. The molecule has 0 aromatic carbocycles. The molecule has 0 spiro atoms. The fraction of sp³-hybridized carbons (Fsp3) is 0.846. The summed E-state index contributed by atoms with van der Waals surface area (Å²) in [6.45, 7) is 4.52. The Bertz CT molecular complexity index is 309. The van der Waals surface area contributed by atoms with Crippen LogP contribution in [-0.4, -0.2) is 35.3 Å². The third-order valence-electron chi connectivity index (χ3n) is 3.73. The maximum absolute atomic E-state index is 11.9. The second-order valence-corrected chi connectivity index (χ2v) is 5.55. The number of amides is 2. The summed E-state index contributed by atoms with van der Waals surface area (Å²) in [6, 6.07) is 0.553. The molecule has 1 aliphatic carbocycles. The summed E-state index contributed by atoms with van der Waals surface area (Å²) in [7, 11) is 0. The standard InChI is InChI=1S/C13H22N2O2/c1-9(2)14-13(17)10-7-12(16)15(8-10)11-5-3-4-6-11/h9-11H,3-8H2,1-2H3,(H,14,17)/t10-/m0/s1. The van der Waals surface area contributed by atoms with Crippen molar-refractivity contribution in [3.63, 3.8) is 0 Å². The number of likely N-dealkylation sites (tertiary alicyclic amines) is 1. The summed E-state index contributed by atoms with van der Waals surface area (Å²) in [6.07, 6.45) is 5.07. The summed E-state index contributed by atoms with van der Waals surface area (Å²) in [4.78, 5) is 25.7. The molecule has 1 atom stereocenters. The molecule has 0 aromatic heterocycles. The normalized spacial score (nSPS) is 25.9. The molecule has 17 heavy (non-hydrogen) atoms. The molecule has 1 saturated carbocycles. The van der Waals surface area contributed by atoms with Crippen LogP contribution in [0, 0.1) is 5.92 Å². The number of nitrogens with one attached hydrogen (secondary N) is 1. The number of carbonyl (C=O) groups is 2. The fourth-order valence-electron chi connectivity index (χ4n) is 2.88. The van der Waals surface area contributed by atoms with Crippen molar-refractivity contribution in [1.29, 1.82) is 0 Å². The molecule has 2 fully saturated rings. The molecule has 0 aromatic rings. The van der Waals surface area contributed by atoms with E-state index in [-0.39, 0.29) is 23.8 Å². The Kier molecular flexibility index (Phi) is 3.69. The lowest BCUT2D eigenvalue weighted by Crippen LogP contribution is -2.38. The van der Waals surface area contributed by atoms with Gasteiger partial charge in [-0.1, -0.05) is 12.8 Å². The molecule has 1 saturated heterocycles. The zero-order chi connectivity index (χ0) is 12.4. The quantitative estimate of drug-likeness (QED) is 0.805. The van der Waals surface area contributed by atoms with E-state index in [2.05, 4.69) is 5.32 Å². The lowest BCUT2D eigenvalue weighted by molar-refractivity contribution is -0.130. The van der Waals surface area contributed by atoms with Crippen LogP contribution in [0.25, 0.3) is 0 Å². The highest BCUT2D eigenvalue weighted by Gasteiger charge is 2.38. The summed E-state index contributed by atoms with van der Waals surface area (Å²) < 4.78 is 0. The van der Waals surface area contributed by atoms with Gasteiger partial charge in [0.25, 0.3) is 0 Å². The molecule has 0 radical (unpaired) electrons. The molecule has 4 heteroatoms. The van der Waals surface area contributed by atoms with Crippen LogP contribution < -0.4 is 5.32 Å². The van der Waals surface area contributed by atoms with Crippen molar-refractivity contribution in [2.24, 2.45) is 5.92 Å². The highest BCUT2D eigenvalue weighted by atomic mass is 16.2. The molecule has 1 heterocycles. The Balaban J connectivity index is 1.92. The van der Waals surface area contributed by atoms with E-state index in [1.54, 1.807) is 0 Å². The number of rotatable bonds is 3. The van der Waals surface area contributed by atoms with Gasteiger partial charge in [0.1, 0.15) is 0 Å². The Hall–Kier alpha value is -1.06. The predicted octanol–water partition coefficient (Wildman–Crippen LogP) is 1.30. The van der Waals surface area contributed by atoms with Gasteiger partial charge in [-0.25, -0.2) is 0 Å². The van der Waals surface area contributed by atoms with Gasteiger partial charge in [-0.05, 0) is 26.7 Å². The first-order valence-electron chi connectivity index (χ1n) is 6.67. The maximum atomic E-state index is 11.9. The van der Waals surface area contributed by atoms with E-state index < -0.39 is 0 Å². The van der Waals surface area contributed by atoms with Crippen molar-refractivity contribution >= 4 is 11.8 Å². The lowest BCUT2D eigenvalue weighted by Gasteiger charge is -2.24. The van der Waals surface area contributed by atoms with Gasteiger partial charge in [0.15, 0.2) is 0 Å². The second-order valence-electron chi connectivity index (χ2n) is 5.55. The third kappa shape index (κ3) is 2.79. The molecule has 1 N–H and O–H groups in total. The summed E-state index contributed by atoms with van der Waals surface area (Å²) >= 11 is 0. The average molecular weight is 238 g/mol. The van der Waals surface area contributed by atoms with Gasteiger partial charge in [0.05, 0.1) is 5.92 Å². The molecule has 0 bridgehead atoms. The van der Waals surface area contributed by atoms with E-state index in [1.165, 1.54) is 12.8 Å².